The Bertz CT molecular complexity index is 1060. The molecule has 154 valence electrons. The summed E-state index contributed by atoms with van der Waals surface area (Å²) in [6.45, 7) is 3.81. The van der Waals surface area contributed by atoms with Crippen molar-refractivity contribution >= 4 is 22.6 Å². The van der Waals surface area contributed by atoms with Gasteiger partial charge in [0.2, 0.25) is 5.43 Å². The lowest BCUT2D eigenvalue weighted by atomic mass is 10.1. The number of carboxylic acids is 1. The van der Waals surface area contributed by atoms with Crippen molar-refractivity contribution in [3.8, 4) is 5.75 Å². The van der Waals surface area contributed by atoms with Crippen LogP contribution in [-0.2, 0) is 0 Å². The number of ether oxygens (including phenoxy) is 1. The van der Waals surface area contributed by atoms with Gasteiger partial charge in [0.25, 0.3) is 0 Å². The Kier molecular flexibility index (Phi) is 4.25. The van der Waals surface area contributed by atoms with Gasteiger partial charge in [-0.3, -0.25) is 9.69 Å². The maximum Gasteiger partial charge on any atom is 0.341 e. The quantitative estimate of drug-likeness (QED) is 0.796. The normalized spacial score (nSPS) is 22.1. The Morgan fingerprint density at radius 1 is 1.31 bits per heavy atom. The average molecular weight is 402 g/mol. The molecule has 5 rings (SSSR count). The van der Waals surface area contributed by atoms with E-state index in [-0.39, 0.29) is 17.0 Å². The number of pyridine rings is 1. The smallest absolute Gasteiger partial charge is 0.341 e. The largest absolute Gasteiger partial charge is 0.492 e. The number of hydrogen-bond acceptors (Lipinski definition) is 6. The average Bonchev–Trinajstić information content (AvgIpc) is 3.44. The molecule has 0 amide bonds. The van der Waals surface area contributed by atoms with Crippen LogP contribution in [0.3, 0.4) is 0 Å². The molecule has 1 aliphatic carbocycles. The third kappa shape index (κ3) is 2.87. The second-order valence-corrected chi connectivity index (χ2v) is 7.98. The summed E-state index contributed by atoms with van der Waals surface area (Å²) in [5.74, 6) is -1.56. The summed E-state index contributed by atoms with van der Waals surface area (Å²) in [7, 11) is 1.47. The molecule has 1 atom stereocenters. The van der Waals surface area contributed by atoms with Crippen molar-refractivity contribution in [3.05, 3.63) is 33.9 Å². The molecular formula is C20H23FN4O4. The van der Waals surface area contributed by atoms with Gasteiger partial charge in [0.15, 0.2) is 11.6 Å². The third-order valence-corrected chi connectivity index (χ3v) is 6.19. The number of piperazine rings is 1. The Morgan fingerprint density at radius 2 is 2.10 bits per heavy atom. The molecule has 2 N–H and O–H groups in total. The topological polar surface area (TPSA) is 87.0 Å². The molecule has 8 nitrogen and oxygen atoms in total. The predicted molar refractivity (Wildman–Crippen MR) is 106 cm³/mol. The van der Waals surface area contributed by atoms with Gasteiger partial charge in [-0.25, -0.2) is 9.18 Å². The number of nitrogens with one attached hydrogen (secondary N) is 1. The lowest BCUT2D eigenvalue weighted by Crippen LogP contribution is -2.51. The van der Waals surface area contributed by atoms with Crippen LogP contribution in [0.15, 0.2) is 17.1 Å². The first-order valence-corrected chi connectivity index (χ1v) is 9.88. The number of nitrogens with zero attached hydrogens (tertiary/aromatic N) is 3. The number of methoxy groups -OCH3 is 1. The van der Waals surface area contributed by atoms with E-state index in [0.717, 1.165) is 32.6 Å². The van der Waals surface area contributed by atoms with Gasteiger partial charge in [-0.1, -0.05) is 0 Å². The summed E-state index contributed by atoms with van der Waals surface area (Å²) in [6, 6.07) is 1.57. The van der Waals surface area contributed by atoms with Gasteiger partial charge < -0.3 is 24.6 Å². The minimum atomic E-state index is -1.31. The van der Waals surface area contributed by atoms with E-state index in [0.29, 0.717) is 36.1 Å². The number of benzene rings is 1. The van der Waals surface area contributed by atoms with Crippen molar-refractivity contribution in [2.24, 2.45) is 0 Å². The highest BCUT2D eigenvalue weighted by atomic mass is 19.1. The van der Waals surface area contributed by atoms with Gasteiger partial charge in [-0.05, 0) is 18.9 Å². The summed E-state index contributed by atoms with van der Waals surface area (Å²) in [4.78, 5) is 28.7. The molecule has 29 heavy (non-hydrogen) atoms. The highest BCUT2D eigenvalue weighted by molar-refractivity contribution is 5.97. The second kappa shape index (κ2) is 6.70. The fourth-order valence-corrected chi connectivity index (χ4v) is 4.60. The molecule has 2 aromatic rings. The van der Waals surface area contributed by atoms with Gasteiger partial charge in [0.05, 0.1) is 18.0 Å². The van der Waals surface area contributed by atoms with Crippen molar-refractivity contribution < 1.29 is 19.0 Å². The van der Waals surface area contributed by atoms with E-state index in [1.165, 1.54) is 19.4 Å². The SMILES string of the molecule is COc1c(N2CCN3CNCC3C2)c(F)cc2c(=O)c(C(=O)O)cn(C3CC3)c12. The maximum absolute atomic E-state index is 15.3. The van der Waals surface area contributed by atoms with Gasteiger partial charge >= 0.3 is 5.97 Å². The number of carboxylic acid groups (broad SMARTS) is 1. The standard InChI is InChI=1S/C20H23FN4O4/c1-29-19-16-13(18(26)14(20(27)28)9-25(16)11-2-3-11)6-15(21)17(19)23-4-5-24-10-22-7-12(24)8-23/h6,9,11-12,22H,2-5,7-8,10H2,1H3,(H,27,28). The van der Waals surface area contributed by atoms with Crippen LogP contribution < -0.4 is 20.4 Å². The van der Waals surface area contributed by atoms with E-state index in [9.17, 15) is 14.7 Å². The zero-order chi connectivity index (χ0) is 20.3. The van der Waals surface area contributed by atoms with Crippen LogP contribution in [-0.4, -0.2) is 66.5 Å². The Morgan fingerprint density at radius 3 is 2.79 bits per heavy atom. The molecular weight excluding hydrogens is 379 g/mol. The third-order valence-electron chi connectivity index (χ3n) is 6.19. The monoisotopic (exact) mass is 402 g/mol. The zero-order valence-electron chi connectivity index (χ0n) is 16.2. The molecule has 3 fully saturated rings. The molecule has 0 spiro atoms. The molecule has 0 radical (unpaired) electrons. The first-order chi connectivity index (χ1) is 14.0. The first kappa shape index (κ1) is 18.4. The van der Waals surface area contributed by atoms with E-state index in [1.807, 2.05) is 4.90 Å². The Hall–Kier alpha value is -2.65. The molecule has 3 aliphatic rings. The second-order valence-electron chi connectivity index (χ2n) is 7.98. The lowest BCUT2D eigenvalue weighted by Gasteiger charge is -2.38. The van der Waals surface area contributed by atoms with Crippen molar-refractivity contribution in [1.29, 1.82) is 0 Å². The van der Waals surface area contributed by atoms with Crippen LogP contribution in [0.5, 0.6) is 5.75 Å². The van der Waals surface area contributed by atoms with E-state index < -0.39 is 17.2 Å². The van der Waals surface area contributed by atoms with Gasteiger partial charge in [0.1, 0.15) is 11.3 Å². The van der Waals surface area contributed by atoms with Crippen molar-refractivity contribution in [2.45, 2.75) is 24.9 Å². The molecule has 0 bridgehead atoms. The fraction of sp³-hybridized carbons (Fsp3) is 0.500. The maximum atomic E-state index is 15.3. The molecule has 2 saturated heterocycles. The number of halogens is 1. The summed E-state index contributed by atoms with van der Waals surface area (Å²) in [5.41, 5.74) is -0.195. The van der Waals surface area contributed by atoms with E-state index in [1.54, 1.807) is 4.57 Å². The van der Waals surface area contributed by atoms with Crippen LogP contribution in [0.4, 0.5) is 10.1 Å². The lowest BCUT2D eigenvalue weighted by molar-refractivity contribution is 0.0695. The number of anilines is 1. The van der Waals surface area contributed by atoms with Crippen LogP contribution in [0.25, 0.3) is 10.9 Å². The summed E-state index contributed by atoms with van der Waals surface area (Å²) < 4.78 is 22.8. The minimum Gasteiger partial charge on any atom is -0.492 e. The van der Waals surface area contributed by atoms with Crippen LogP contribution in [0.1, 0.15) is 29.2 Å². The Labute approximate surface area is 166 Å². The number of aromatic carboxylic acids is 1. The number of fused-ring (bicyclic) bond motifs is 2. The molecule has 9 heteroatoms. The number of carbonyl (C=O) groups is 1. The van der Waals surface area contributed by atoms with E-state index in [4.69, 9.17) is 4.74 Å². The fourth-order valence-electron chi connectivity index (χ4n) is 4.60. The van der Waals surface area contributed by atoms with Crippen LogP contribution >= 0.6 is 0 Å². The molecule has 1 unspecified atom stereocenters. The molecule has 1 aromatic heterocycles. The van der Waals surface area contributed by atoms with E-state index >= 15 is 4.39 Å². The summed E-state index contributed by atoms with van der Waals surface area (Å²) >= 11 is 0. The molecule has 2 aliphatic heterocycles. The number of aromatic nitrogens is 1. The first-order valence-electron chi connectivity index (χ1n) is 9.88. The Balaban J connectivity index is 1.73. The van der Waals surface area contributed by atoms with Crippen LogP contribution in [0, 0.1) is 5.82 Å². The molecule has 1 aromatic carbocycles. The zero-order valence-corrected chi connectivity index (χ0v) is 16.2. The summed E-state index contributed by atoms with van der Waals surface area (Å²) in [5, 5.41) is 12.8. The number of hydrogen-bond donors (Lipinski definition) is 2. The van der Waals surface area contributed by atoms with Gasteiger partial charge in [0, 0.05) is 51.1 Å². The van der Waals surface area contributed by atoms with E-state index in [2.05, 4.69) is 10.2 Å². The van der Waals surface area contributed by atoms with Crippen molar-refractivity contribution in [2.75, 3.05) is 44.9 Å². The predicted octanol–water partition coefficient (Wildman–Crippen LogP) is 1.23. The van der Waals surface area contributed by atoms with Crippen molar-refractivity contribution in [1.82, 2.24) is 14.8 Å². The molecule has 1 saturated carbocycles. The minimum absolute atomic E-state index is 0.0519. The van der Waals surface area contributed by atoms with Gasteiger partial charge in [-0.2, -0.15) is 0 Å². The van der Waals surface area contributed by atoms with Gasteiger partial charge in [-0.15, -0.1) is 0 Å². The highest BCUT2D eigenvalue weighted by Gasteiger charge is 2.35. The van der Waals surface area contributed by atoms with Crippen molar-refractivity contribution in [3.63, 3.8) is 0 Å². The molecule has 3 heterocycles. The van der Waals surface area contributed by atoms with Crippen LogP contribution in [0.2, 0.25) is 0 Å². The summed E-state index contributed by atoms with van der Waals surface area (Å²) in [6.07, 6.45) is 3.16. The highest BCUT2D eigenvalue weighted by Crippen LogP contribution is 2.44. The number of rotatable bonds is 4.